The van der Waals surface area contributed by atoms with E-state index in [2.05, 4.69) is 19.1 Å². The molecule has 0 saturated carbocycles. The first-order valence-corrected chi connectivity index (χ1v) is 14.6. The fourth-order valence-corrected chi connectivity index (χ4v) is 4.38. The Morgan fingerprint density at radius 2 is 1.12 bits per heavy atom. The maximum absolute atomic E-state index is 11.6. The van der Waals surface area contributed by atoms with Crippen LogP contribution < -0.4 is 0 Å². The van der Waals surface area contributed by atoms with Gasteiger partial charge in [-0.15, -0.1) is 0 Å². The third-order valence-electron chi connectivity index (χ3n) is 6.56. The fraction of sp³-hybridized carbons (Fsp3) is 0.867. The molecule has 4 heteroatoms. The van der Waals surface area contributed by atoms with E-state index in [-0.39, 0.29) is 12.4 Å². The zero-order chi connectivity index (χ0) is 25.1. The monoisotopic (exact) mass is 480 g/mol. The largest absolute Gasteiger partial charge is 0.481 e. The lowest BCUT2D eigenvalue weighted by Gasteiger charge is -2.11. The Labute approximate surface area is 211 Å². The number of hydrogen-bond acceptors (Lipinski definition) is 3. The van der Waals surface area contributed by atoms with Crippen molar-refractivity contribution in [2.45, 2.75) is 155 Å². The van der Waals surface area contributed by atoms with E-state index in [4.69, 9.17) is 4.74 Å². The summed E-state index contributed by atoms with van der Waals surface area (Å²) in [6, 6.07) is 0. The van der Waals surface area contributed by atoms with Gasteiger partial charge in [0.1, 0.15) is 0 Å². The molecule has 1 N–H and O–H groups in total. The molecular weight excluding hydrogens is 424 g/mol. The molecule has 0 spiro atoms. The van der Waals surface area contributed by atoms with Crippen LogP contribution in [0.3, 0.4) is 0 Å². The van der Waals surface area contributed by atoms with Gasteiger partial charge in [0.2, 0.25) is 0 Å². The predicted octanol–water partition coefficient (Wildman–Crippen LogP) is 9.41. The van der Waals surface area contributed by atoms with Crippen molar-refractivity contribution in [1.82, 2.24) is 0 Å². The molecule has 4 nitrogen and oxygen atoms in total. The topological polar surface area (TPSA) is 63.6 Å². The summed E-state index contributed by atoms with van der Waals surface area (Å²) in [7, 11) is 0. The number of aliphatic carboxylic acids is 1. The smallest absolute Gasteiger partial charge is 0.307 e. The Hall–Kier alpha value is -1.32. The molecule has 0 fully saturated rings. The van der Waals surface area contributed by atoms with Crippen LogP contribution in [0.15, 0.2) is 12.2 Å². The Balaban J connectivity index is 3.34. The van der Waals surface area contributed by atoms with E-state index in [1.54, 1.807) is 0 Å². The van der Waals surface area contributed by atoms with Crippen molar-refractivity contribution in [3.63, 3.8) is 0 Å². The van der Waals surface area contributed by atoms with Crippen LogP contribution in [0.5, 0.6) is 0 Å². The Bertz CT molecular complexity index is 486. The second-order valence-corrected chi connectivity index (χ2v) is 9.93. The van der Waals surface area contributed by atoms with Crippen LogP contribution in [-0.4, -0.2) is 23.7 Å². The van der Waals surface area contributed by atoms with Gasteiger partial charge < -0.3 is 9.84 Å². The second kappa shape index (κ2) is 26.3. The lowest BCUT2D eigenvalue weighted by Crippen LogP contribution is -2.19. The van der Waals surface area contributed by atoms with Gasteiger partial charge in [0, 0.05) is 0 Å². The molecule has 34 heavy (non-hydrogen) atoms. The van der Waals surface area contributed by atoms with E-state index in [1.165, 1.54) is 109 Å². The number of carbonyl (C=O) groups excluding carboxylic acids is 1. The van der Waals surface area contributed by atoms with Crippen LogP contribution >= 0.6 is 0 Å². The summed E-state index contributed by atoms with van der Waals surface area (Å²) in [5, 5.41) is 9.30. The van der Waals surface area contributed by atoms with Crippen molar-refractivity contribution in [2.24, 2.45) is 5.92 Å². The number of carbonyl (C=O) groups is 2. The predicted molar refractivity (Wildman–Crippen MR) is 144 cm³/mol. The molecular formula is C30H56O4. The molecule has 0 saturated heterocycles. The molecule has 1 atom stereocenters. The van der Waals surface area contributed by atoms with Crippen molar-refractivity contribution < 1.29 is 19.4 Å². The minimum absolute atomic E-state index is 0.00648. The number of carboxylic acids is 1. The van der Waals surface area contributed by atoms with Gasteiger partial charge in [-0.25, -0.2) is 0 Å². The molecule has 0 aliphatic rings. The van der Waals surface area contributed by atoms with Gasteiger partial charge in [-0.2, -0.15) is 0 Å². The minimum Gasteiger partial charge on any atom is -0.481 e. The Kier molecular flexibility index (Phi) is 25.3. The molecule has 0 rings (SSSR count). The molecule has 0 aromatic rings. The summed E-state index contributed by atoms with van der Waals surface area (Å²) in [4.78, 5) is 23.0. The molecule has 0 bridgehead atoms. The van der Waals surface area contributed by atoms with E-state index in [0.717, 1.165) is 19.3 Å². The number of ether oxygens (including phenoxy) is 1. The normalized spacial score (nSPS) is 12.3. The van der Waals surface area contributed by atoms with Crippen LogP contribution in [0.25, 0.3) is 0 Å². The molecule has 0 aliphatic carbocycles. The molecule has 0 aromatic carbocycles. The van der Waals surface area contributed by atoms with Crippen LogP contribution in [0.2, 0.25) is 0 Å². The van der Waals surface area contributed by atoms with Crippen molar-refractivity contribution in [3.8, 4) is 0 Å². The van der Waals surface area contributed by atoms with Gasteiger partial charge in [-0.05, 0) is 32.1 Å². The van der Waals surface area contributed by atoms with Crippen LogP contribution in [0.4, 0.5) is 0 Å². The van der Waals surface area contributed by atoms with E-state index >= 15 is 0 Å². The second-order valence-electron chi connectivity index (χ2n) is 9.93. The van der Waals surface area contributed by atoms with Gasteiger partial charge >= 0.3 is 11.9 Å². The van der Waals surface area contributed by atoms with E-state index in [0.29, 0.717) is 13.0 Å². The third kappa shape index (κ3) is 23.8. The summed E-state index contributed by atoms with van der Waals surface area (Å²) >= 11 is 0. The van der Waals surface area contributed by atoms with Crippen LogP contribution in [-0.2, 0) is 14.3 Å². The Morgan fingerprint density at radius 1 is 0.676 bits per heavy atom. The molecule has 200 valence electrons. The minimum atomic E-state index is -0.875. The maximum atomic E-state index is 11.6. The summed E-state index contributed by atoms with van der Waals surface area (Å²) in [5.41, 5.74) is 0. The van der Waals surface area contributed by atoms with E-state index < -0.39 is 11.9 Å². The van der Waals surface area contributed by atoms with E-state index in [9.17, 15) is 14.7 Å². The van der Waals surface area contributed by atoms with Crippen molar-refractivity contribution >= 4 is 11.9 Å². The number of rotatable bonds is 26. The summed E-state index contributed by atoms with van der Waals surface area (Å²) in [6.45, 7) is 4.51. The lowest BCUT2D eigenvalue weighted by atomic mass is 9.97. The first kappa shape index (κ1) is 32.7. The SMILES string of the molecule is CC/C=C/CCCCCCCCCCCCCCCCCCCC(CC(=O)OCCC)C(=O)O. The number of esters is 1. The summed E-state index contributed by atoms with van der Waals surface area (Å²) < 4.78 is 5.02. The van der Waals surface area contributed by atoms with Crippen molar-refractivity contribution in [2.75, 3.05) is 6.61 Å². The Morgan fingerprint density at radius 3 is 1.53 bits per heavy atom. The maximum Gasteiger partial charge on any atom is 0.307 e. The molecule has 0 amide bonds. The van der Waals surface area contributed by atoms with Gasteiger partial charge in [-0.3, -0.25) is 9.59 Å². The first-order chi connectivity index (χ1) is 16.6. The average molecular weight is 481 g/mol. The van der Waals surface area contributed by atoms with Crippen molar-refractivity contribution in [3.05, 3.63) is 12.2 Å². The van der Waals surface area contributed by atoms with Crippen molar-refractivity contribution in [1.29, 1.82) is 0 Å². The molecule has 0 radical (unpaired) electrons. The van der Waals surface area contributed by atoms with Gasteiger partial charge in [0.05, 0.1) is 18.9 Å². The highest BCUT2D eigenvalue weighted by molar-refractivity contribution is 5.78. The third-order valence-corrected chi connectivity index (χ3v) is 6.56. The highest BCUT2D eigenvalue weighted by Crippen LogP contribution is 2.18. The molecule has 1 unspecified atom stereocenters. The summed E-state index contributed by atoms with van der Waals surface area (Å²) in [6.07, 6.45) is 30.7. The first-order valence-electron chi connectivity index (χ1n) is 14.6. The number of carboxylic acid groups (broad SMARTS) is 1. The summed E-state index contributed by atoms with van der Waals surface area (Å²) in [5.74, 6) is -1.85. The van der Waals surface area contributed by atoms with E-state index in [1.807, 2.05) is 6.92 Å². The highest BCUT2D eigenvalue weighted by Gasteiger charge is 2.21. The standard InChI is InChI=1S/C30H56O4/c1-3-5-6-7-8-9-10-11-12-13-14-15-16-17-18-19-20-21-22-23-24-25-28(30(32)33)27-29(31)34-26-4-2/h5-6,28H,3-4,7-27H2,1-2H3,(H,32,33)/b6-5+. The fourth-order valence-electron chi connectivity index (χ4n) is 4.38. The zero-order valence-electron chi connectivity index (χ0n) is 22.7. The van der Waals surface area contributed by atoms with Crippen LogP contribution in [0.1, 0.15) is 155 Å². The van der Waals surface area contributed by atoms with Gasteiger partial charge in [0.25, 0.3) is 0 Å². The van der Waals surface area contributed by atoms with Crippen LogP contribution in [0, 0.1) is 5.92 Å². The number of hydrogen-bond donors (Lipinski definition) is 1. The average Bonchev–Trinajstić information content (AvgIpc) is 2.82. The quantitative estimate of drug-likeness (QED) is 0.0760. The highest BCUT2D eigenvalue weighted by atomic mass is 16.5. The van der Waals surface area contributed by atoms with Gasteiger partial charge in [-0.1, -0.05) is 129 Å². The number of allylic oxidation sites excluding steroid dienone is 2. The molecule has 0 heterocycles. The number of unbranched alkanes of at least 4 members (excludes halogenated alkanes) is 17. The molecule has 0 aliphatic heterocycles. The zero-order valence-corrected chi connectivity index (χ0v) is 22.7. The van der Waals surface area contributed by atoms with Gasteiger partial charge in [0.15, 0.2) is 0 Å². The lowest BCUT2D eigenvalue weighted by molar-refractivity contribution is -0.151. The molecule has 0 aromatic heterocycles.